The fourth-order valence-electron chi connectivity index (χ4n) is 3.94. The van der Waals surface area contributed by atoms with Gasteiger partial charge in [0.1, 0.15) is 0 Å². The average Bonchev–Trinajstić information content (AvgIpc) is 3.26. The molecule has 0 aliphatic carbocycles. The first kappa shape index (κ1) is 19.6. The maximum absolute atomic E-state index is 12.7. The Morgan fingerprint density at radius 2 is 1.62 bits per heavy atom. The number of benzene rings is 3. The lowest BCUT2D eigenvalue weighted by molar-refractivity contribution is -0.117. The van der Waals surface area contributed by atoms with Gasteiger partial charge in [0.05, 0.1) is 6.04 Å². The van der Waals surface area contributed by atoms with Gasteiger partial charge in [0, 0.05) is 18.8 Å². The first-order valence-corrected chi connectivity index (χ1v) is 10.5. The third-order valence-corrected chi connectivity index (χ3v) is 5.72. The van der Waals surface area contributed by atoms with Crippen LogP contribution in [0.15, 0.2) is 66.7 Å². The molecule has 4 rings (SSSR count). The van der Waals surface area contributed by atoms with E-state index in [0.717, 1.165) is 17.6 Å². The minimum absolute atomic E-state index is 0.0164. The van der Waals surface area contributed by atoms with E-state index in [-0.39, 0.29) is 11.9 Å². The van der Waals surface area contributed by atoms with Crippen molar-refractivity contribution in [3.8, 4) is 0 Å². The second kappa shape index (κ2) is 9.21. The van der Waals surface area contributed by atoms with E-state index in [9.17, 15) is 4.79 Å². The first-order valence-electron chi connectivity index (χ1n) is 10.5. The normalized spacial score (nSPS) is 15.5. The standard InChI is InChI=1S/C25H29N3O/c1-19(25(29)27-24-13-12-20-8-2-3-9-21(20)16-24)26-17-22-10-4-5-11-23(22)18-28-14-6-7-15-28/h2-5,8-13,16,19,26H,6-7,14-15,17-18H2,1H3,(H,27,29)/t19-/m0/s1. The fraction of sp³-hybridized carbons (Fsp3) is 0.320. The Bertz CT molecular complexity index is 978. The van der Waals surface area contributed by atoms with E-state index in [1.54, 1.807) is 0 Å². The lowest BCUT2D eigenvalue weighted by Gasteiger charge is -2.19. The highest BCUT2D eigenvalue weighted by Gasteiger charge is 2.16. The van der Waals surface area contributed by atoms with Gasteiger partial charge in [-0.15, -0.1) is 0 Å². The molecule has 1 atom stereocenters. The number of hydrogen-bond acceptors (Lipinski definition) is 3. The number of fused-ring (bicyclic) bond motifs is 1. The van der Waals surface area contributed by atoms with Crippen molar-refractivity contribution in [2.24, 2.45) is 0 Å². The summed E-state index contributed by atoms with van der Waals surface area (Å²) in [6.07, 6.45) is 2.60. The van der Waals surface area contributed by atoms with Gasteiger partial charge in [0.15, 0.2) is 0 Å². The van der Waals surface area contributed by atoms with Crippen LogP contribution in [0.2, 0.25) is 0 Å². The summed E-state index contributed by atoms with van der Waals surface area (Å²) in [7, 11) is 0. The van der Waals surface area contributed by atoms with Crippen LogP contribution in [0.3, 0.4) is 0 Å². The van der Waals surface area contributed by atoms with Crippen LogP contribution in [-0.4, -0.2) is 29.9 Å². The minimum atomic E-state index is -0.277. The van der Waals surface area contributed by atoms with Crippen LogP contribution < -0.4 is 10.6 Å². The molecule has 0 bridgehead atoms. The number of anilines is 1. The molecule has 150 valence electrons. The summed E-state index contributed by atoms with van der Waals surface area (Å²) in [6.45, 7) is 5.98. The molecule has 4 heteroatoms. The fourth-order valence-corrected chi connectivity index (χ4v) is 3.94. The molecule has 0 saturated carbocycles. The van der Waals surface area contributed by atoms with Crippen molar-refractivity contribution in [2.75, 3.05) is 18.4 Å². The number of nitrogens with zero attached hydrogens (tertiary/aromatic N) is 1. The van der Waals surface area contributed by atoms with Gasteiger partial charge in [0.25, 0.3) is 0 Å². The molecule has 3 aromatic rings. The molecule has 0 aromatic heterocycles. The topological polar surface area (TPSA) is 44.4 Å². The number of amides is 1. The molecule has 1 saturated heterocycles. The van der Waals surface area contributed by atoms with Crippen molar-refractivity contribution < 1.29 is 4.79 Å². The zero-order valence-electron chi connectivity index (χ0n) is 17.0. The Labute approximate surface area is 172 Å². The number of likely N-dealkylation sites (tertiary alicyclic amines) is 1. The summed E-state index contributed by atoms with van der Waals surface area (Å²) < 4.78 is 0. The Kier molecular flexibility index (Phi) is 6.23. The van der Waals surface area contributed by atoms with E-state index in [2.05, 4.69) is 51.9 Å². The van der Waals surface area contributed by atoms with E-state index >= 15 is 0 Å². The molecule has 1 aliphatic heterocycles. The highest BCUT2D eigenvalue weighted by Crippen LogP contribution is 2.19. The van der Waals surface area contributed by atoms with E-state index in [1.165, 1.54) is 42.4 Å². The van der Waals surface area contributed by atoms with Gasteiger partial charge in [-0.1, -0.05) is 54.6 Å². The van der Waals surface area contributed by atoms with Crippen LogP contribution in [0.1, 0.15) is 30.9 Å². The molecule has 1 fully saturated rings. The first-order chi connectivity index (χ1) is 14.2. The van der Waals surface area contributed by atoms with Gasteiger partial charge in [-0.05, 0) is 66.9 Å². The van der Waals surface area contributed by atoms with Gasteiger partial charge in [-0.2, -0.15) is 0 Å². The van der Waals surface area contributed by atoms with Crippen molar-refractivity contribution in [3.05, 3.63) is 77.9 Å². The number of carbonyl (C=O) groups excluding carboxylic acids is 1. The summed E-state index contributed by atoms with van der Waals surface area (Å²) in [6, 6.07) is 22.4. The predicted octanol–water partition coefficient (Wildman–Crippen LogP) is 4.55. The van der Waals surface area contributed by atoms with Crippen molar-refractivity contribution in [1.29, 1.82) is 0 Å². The van der Waals surface area contributed by atoms with Crippen LogP contribution in [0.25, 0.3) is 10.8 Å². The summed E-state index contributed by atoms with van der Waals surface area (Å²) in [5.41, 5.74) is 3.45. The van der Waals surface area contributed by atoms with E-state index in [4.69, 9.17) is 0 Å². The Morgan fingerprint density at radius 1 is 0.931 bits per heavy atom. The third-order valence-electron chi connectivity index (χ3n) is 5.72. The summed E-state index contributed by atoms with van der Waals surface area (Å²) in [5.74, 6) is -0.0164. The lowest BCUT2D eigenvalue weighted by atomic mass is 10.1. The lowest BCUT2D eigenvalue weighted by Crippen LogP contribution is -2.37. The van der Waals surface area contributed by atoms with Gasteiger partial charge in [0.2, 0.25) is 5.91 Å². The summed E-state index contributed by atoms with van der Waals surface area (Å²) >= 11 is 0. The molecule has 2 N–H and O–H groups in total. The maximum atomic E-state index is 12.7. The summed E-state index contributed by atoms with van der Waals surface area (Å²) in [4.78, 5) is 15.2. The highest BCUT2D eigenvalue weighted by atomic mass is 16.2. The van der Waals surface area contributed by atoms with E-state index in [1.807, 2.05) is 37.3 Å². The highest BCUT2D eigenvalue weighted by molar-refractivity contribution is 5.97. The molecule has 1 aliphatic rings. The minimum Gasteiger partial charge on any atom is -0.325 e. The molecule has 0 unspecified atom stereocenters. The van der Waals surface area contributed by atoms with Crippen LogP contribution in [0.4, 0.5) is 5.69 Å². The molecule has 1 heterocycles. The maximum Gasteiger partial charge on any atom is 0.241 e. The predicted molar refractivity (Wildman–Crippen MR) is 120 cm³/mol. The molecule has 4 nitrogen and oxygen atoms in total. The smallest absolute Gasteiger partial charge is 0.241 e. The number of rotatable bonds is 7. The average molecular weight is 388 g/mol. The summed E-state index contributed by atoms with van der Waals surface area (Å²) in [5, 5.41) is 8.72. The molecule has 3 aromatic carbocycles. The van der Waals surface area contributed by atoms with Crippen molar-refractivity contribution in [1.82, 2.24) is 10.2 Å². The number of hydrogen-bond donors (Lipinski definition) is 2. The molecular weight excluding hydrogens is 358 g/mol. The van der Waals surface area contributed by atoms with Gasteiger partial charge in [-0.3, -0.25) is 9.69 Å². The van der Waals surface area contributed by atoms with Crippen LogP contribution in [-0.2, 0) is 17.9 Å². The monoisotopic (exact) mass is 387 g/mol. The molecule has 29 heavy (non-hydrogen) atoms. The van der Waals surface area contributed by atoms with E-state index in [0.29, 0.717) is 6.54 Å². The number of nitrogens with one attached hydrogen (secondary N) is 2. The van der Waals surface area contributed by atoms with Crippen LogP contribution >= 0.6 is 0 Å². The molecule has 0 spiro atoms. The van der Waals surface area contributed by atoms with Gasteiger partial charge in [-0.25, -0.2) is 0 Å². The molecule has 1 amide bonds. The molecular formula is C25H29N3O. The SMILES string of the molecule is C[C@H](NCc1ccccc1CN1CCCC1)C(=O)Nc1ccc2ccccc2c1. The quantitative estimate of drug-likeness (QED) is 0.625. The third kappa shape index (κ3) is 5.03. The zero-order valence-corrected chi connectivity index (χ0v) is 17.0. The Hall–Kier alpha value is -2.69. The van der Waals surface area contributed by atoms with Gasteiger partial charge >= 0.3 is 0 Å². The van der Waals surface area contributed by atoms with Crippen molar-refractivity contribution in [2.45, 2.75) is 38.9 Å². The van der Waals surface area contributed by atoms with Crippen LogP contribution in [0.5, 0.6) is 0 Å². The zero-order chi connectivity index (χ0) is 20.1. The van der Waals surface area contributed by atoms with Crippen molar-refractivity contribution >= 4 is 22.4 Å². The van der Waals surface area contributed by atoms with Gasteiger partial charge < -0.3 is 10.6 Å². The van der Waals surface area contributed by atoms with Crippen molar-refractivity contribution in [3.63, 3.8) is 0 Å². The van der Waals surface area contributed by atoms with E-state index < -0.39 is 0 Å². The van der Waals surface area contributed by atoms with Crippen LogP contribution in [0, 0.1) is 0 Å². The second-order valence-corrected chi connectivity index (χ2v) is 7.91. The Morgan fingerprint density at radius 3 is 2.41 bits per heavy atom. The largest absolute Gasteiger partial charge is 0.325 e. The second-order valence-electron chi connectivity index (χ2n) is 7.91. The Balaban J connectivity index is 1.35. The molecule has 0 radical (unpaired) electrons. The number of carbonyl (C=O) groups is 1.